The van der Waals surface area contributed by atoms with E-state index in [1.165, 1.54) is 19.2 Å². The zero-order chi connectivity index (χ0) is 19.4. The first-order valence-corrected chi connectivity index (χ1v) is 9.92. The van der Waals surface area contributed by atoms with Gasteiger partial charge in [0.15, 0.2) is 11.6 Å². The highest BCUT2D eigenvalue weighted by molar-refractivity contribution is 5.95. The lowest BCUT2D eigenvalue weighted by molar-refractivity contribution is -0.135. The Labute approximate surface area is 160 Å². The summed E-state index contributed by atoms with van der Waals surface area (Å²) in [5, 5.41) is 0. The lowest BCUT2D eigenvalue weighted by Gasteiger charge is -2.34. The molecule has 2 atom stereocenters. The van der Waals surface area contributed by atoms with Gasteiger partial charge in [-0.2, -0.15) is 0 Å². The van der Waals surface area contributed by atoms with Gasteiger partial charge in [0.1, 0.15) is 0 Å². The molecule has 27 heavy (non-hydrogen) atoms. The van der Waals surface area contributed by atoms with E-state index in [1.54, 1.807) is 6.07 Å². The maximum absolute atomic E-state index is 14.1. The smallest absolute Gasteiger partial charge is 0.254 e. The molecule has 0 spiro atoms. The summed E-state index contributed by atoms with van der Waals surface area (Å²) in [5.74, 6) is -0.624. The average Bonchev–Trinajstić information content (AvgIpc) is 3.14. The fourth-order valence-corrected chi connectivity index (χ4v) is 4.36. The summed E-state index contributed by atoms with van der Waals surface area (Å²) < 4.78 is 19.1. The normalized spacial score (nSPS) is 24.3. The van der Waals surface area contributed by atoms with Crippen molar-refractivity contribution in [1.82, 2.24) is 9.80 Å². The van der Waals surface area contributed by atoms with Crippen LogP contribution in [0.15, 0.2) is 18.2 Å². The molecule has 0 N–H and O–H groups in total. The Bertz CT molecular complexity index is 694. The SMILES string of the molecule is COc1ccc(C(=O)N2CCCCCCN(C)C(=O)[C@@H]3CCC[C@@H]32)cc1F. The van der Waals surface area contributed by atoms with E-state index < -0.39 is 5.82 Å². The first kappa shape index (κ1) is 19.6. The van der Waals surface area contributed by atoms with Crippen molar-refractivity contribution in [3.05, 3.63) is 29.6 Å². The van der Waals surface area contributed by atoms with Crippen LogP contribution in [0.2, 0.25) is 0 Å². The standard InChI is InChI=1S/C21H29FN2O3/c1-23-12-5-3-4-6-13-24(18-9-7-8-16(18)21(23)26)20(25)15-10-11-19(27-2)17(22)14-15/h10-11,14,16,18H,3-9,12-13H2,1-2H3/t16-,18+/m1/s1. The van der Waals surface area contributed by atoms with E-state index in [9.17, 15) is 14.0 Å². The second-order valence-corrected chi connectivity index (χ2v) is 7.63. The zero-order valence-electron chi connectivity index (χ0n) is 16.2. The van der Waals surface area contributed by atoms with Gasteiger partial charge >= 0.3 is 0 Å². The van der Waals surface area contributed by atoms with E-state index in [-0.39, 0.29) is 29.5 Å². The molecule has 2 amide bonds. The predicted molar refractivity (Wildman–Crippen MR) is 101 cm³/mol. The van der Waals surface area contributed by atoms with Crippen molar-refractivity contribution < 1.29 is 18.7 Å². The molecule has 1 aliphatic heterocycles. The van der Waals surface area contributed by atoms with Gasteiger partial charge in [-0.05, 0) is 43.9 Å². The van der Waals surface area contributed by atoms with Crippen molar-refractivity contribution in [1.29, 1.82) is 0 Å². The van der Waals surface area contributed by atoms with E-state index >= 15 is 0 Å². The van der Waals surface area contributed by atoms with Crippen molar-refractivity contribution in [2.45, 2.75) is 51.0 Å². The van der Waals surface area contributed by atoms with E-state index in [2.05, 4.69) is 0 Å². The lowest BCUT2D eigenvalue weighted by atomic mass is 9.99. The third-order valence-corrected chi connectivity index (χ3v) is 5.88. The monoisotopic (exact) mass is 376 g/mol. The summed E-state index contributed by atoms with van der Waals surface area (Å²) in [6.07, 6.45) is 6.56. The summed E-state index contributed by atoms with van der Waals surface area (Å²) in [4.78, 5) is 29.8. The van der Waals surface area contributed by atoms with Crippen LogP contribution in [-0.4, -0.2) is 54.9 Å². The van der Waals surface area contributed by atoms with Crippen LogP contribution in [0.3, 0.4) is 0 Å². The van der Waals surface area contributed by atoms with Gasteiger partial charge in [0.25, 0.3) is 5.91 Å². The largest absolute Gasteiger partial charge is 0.494 e. The first-order valence-electron chi connectivity index (χ1n) is 9.92. The van der Waals surface area contributed by atoms with Crippen LogP contribution in [0.5, 0.6) is 5.75 Å². The number of halogens is 1. The quantitative estimate of drug-likeness (QED) is 0.794. The van der Waals surface area contributed by atoms with E-state index in [0.717, 1.165) is 51.5 Å². The number of methoxy groups -OCH3 is 1. The third kappa shape index (κ3) is 4.25. The number of carbonyl (C=O) groups is 2. The van der Waals surface area contributed by atoms with Gasteiger partial charge in [-0.15, -0.1) is 0 Å². The number of rotatable bonds is 2. The molecule has 2 fully saturated rings. The second kappa shape index (κ2) is 8.72. The number of nitrogens with zero attached hydrogens (tertiary/aromatic N) is 2. The van der Waals surface area contributed by atoms with Crippen LogP contribution in [0, 0.1) is 11.7 Å². The molecule has 1 aliphatic carbocycles. The Kier molecular flexibility index (Phi) is 6.34. The number of benzene rings is 1. The average molecular weight is 376 g/mol. The Morgan fingerprint density at radius 1 is 1.11 bits per heavy atom. The van der Waals surface area contributed by atoms with E-state index in [0.29, 0.717) is 12.1 Å². The molecular formula is C21H29FN2O3. The van der Waals surface area contributed by atoms with Crippen molar-refractivity contribution in [2.24, 2.45) is 5.92 Å². The van der Waals surface area contributed by atoms with Gasteiger partial charge in [0, 0.05) is 31.7 Å². The maximum atomic E-state index is 14.1. The Balaban J connectivity index is 1.88. The molecular weight excluding hydrogens is 347 g/mol. The molecule has 2 aliphatic rings. The number of carbonyl (C=O) groups excluding carboxylic acids is 2. The molecule has 0 aromatic heterocycles. The minimum atomic E-state index is -0.542. The molecule has 1 aromatic carbocycles. The van der Waals surface area contributed by atoms with Gasteiger partial charge in [0.2, 0.25) is 5.91 Å². The summed E-state index contributed by atoms with van der Waals surface area (Å²) >= 11 is 0. The molecule has 3 rings (SSSR count). The molecule has 6 heteroatoms. The molecule has 0 unspecified atom stereocenters. The molecule has 1 heterocycles. The number of ether oxygens (including phenoxy) is 1. The van der Waals surface area contributed by atoms with Gasteiger partial charge in [0.05, 0.1) is 13.0 Å². The highest BCUT2D eigenvalue weighted by atomic mass is 19.1. The molecule has 1 aromatic rings. The Hall–Kier alpha value is -2.11. The summed E-state index contributed by atoms with van der Waals surface area (Å²) in [7, 11) is 3.26. The van der Waals surface area contributed by atoms with Crippen LogP contribution in [0.4, 0.5) is 4.39 Å². The predicted octanol–water partition coefficient (Wildman–Crippen LogP) is 3.48. The van der Waals surface area contributed by atoms with Crippen molar-refractivity contribution >= 4 is 11.8 Å². The van der Waals surface area contributed by atoms with Crippen LogP contribution < -0.4 is 4.74 Å². The second-order valence-electron chi connectivity index (χ2n) is 7.63. The number of hydrogen-bond acceptors (Lipinski definition) is 3. The molecule has 5 nitrogen and oxygen atoms in total. The number of amides is 2. The molecule has 0 radical (unpaired) electrons. The minimum Gasteiger partial charge on any atom is -0.494 e. The van der Waals surface area contributed by atoms with E-state index in [4.69, 9.17) is 4.74 Å². The molecule has 0 bridgehead atoms. The zero-order valence-corrected chi connectivity index (χ0v) is 16.2. The number of hydrogen-bond donors (Lipinski definition) is 0. The highest BCUT2D eigenvalue weighted by Gasteiger charge is 2.40. The van der Waals surface area contributed by atoms with Crippen LogP contribution in [-0.2, 0) is 4.79 Å². The topological polar surface area (TPSA) is 49.9 Å². The molecule has 1 saturated carbocycles. The fraction of sp³-hybridized carbons (Fsp3) is 0.619. The summed E-state index contributed by atoms with van der Waals surface area (Å²) in [6.45, 7) is 1.39. The van der Waals surface area contributed by atoms with Crippen LogP contribution in [0.25, 0.3) is 0 Å². The van der Waals surface area contributed by atoms with Gasteiger partial charge in [-0.3, -0.25) is 9.59 Å². The first-order chi connectivity index (χ1) is 13.0. The third-order valence-electron chi connectivity index (χ3n) is 5.88. The Morgan fingerprint density at radius 2 is 1.85 bits per heavy atom. The van der Waals surface area contributed by atoms with Crippen molar-refractivity contribution in [2.75, 3.05) is 27.2 Å². The van der Waals surface area contributed by atoms with Crippen molar-refractivity contribution in [3.8, 4) is 5.75 Å². The molecule has 1 saturated heterocycles. The number of fused-ring (bicyclic) bond motifs is 1. The molecule has 148 valence electrons. The van der Waals surface area contributed by atoms with Gasteiger partial charge in [-0.1, -0.05) is 19.3 Å². The minimum absolute atomic E-state index is 0.101. The van der Waals surface area contributed by atoms with Gasteiger partial charge < -0.3 is 14.5 Å². The summed E-state index contributed by atoms with van der Waals surface area (Å²) in [5.41, 5.74) is 0.314. The highest BCUT2D eigenvalue weighted by Crippen LogP contribution is 2.33. The summed E-state index contributed by atoms with van der Waals surface area (Å²) in [6, 6.07) is 4.23. The fourth-order valence-electron chi connectivity index (χ4n) is 4.36. The van der Waals surface area contributed by atoms with Crippen molar-refractivity contribution in [3.63, 3.8) is 0 Å². The van der Waals surface area contributed by atoms with Crippen LogP contribution in [0.1, 0.15) is 55.3 Å². The maximum Gasteiger partial charge on any atom is 0.254 e. The van der Waals surface area contributed by atoms with Crippen LogP contribution >= 0.6 is 0 Å². The lowest BCUT2D eigenvalue weighted by Crippen LogP contribution is -2.47. The van der Waals surface area contributed by atoms with Gasteiger partial charge in [-0.25, -0.2) is 4.39 Å². The Morgan fingerprint density at radius 3 is 2.56 bits per heavy atom. The van der Waals surface area contributed by atoms with E-state index in [1.807, 2.05) is 16.8 Å².